The first-order valence-corrected chi connectivity index (χ1v) is 8.85. The summed E-state index contributed by atoms with van der Waals surface area (Å²) >= 11 is 0. The Morgan fingerprint density at radius 2 is 1.08 bits per heavy atom. The molecule has 3 heteroatoms. The molecule has 0 spiro atoms. The maximum Gasteiger partial charge on any atom is 0.124 e. The monoisotopic (exact) mass is 338 g/mol. The molecule has 0 saturated heterocycles. The van der Waals surface area contributed by atoms with E-state index >= 15 is 0 Å². The minimum absolute atomic E-state index is 0.0459. The summed E-state index contributed by atoms with van der Waals surface area (Å²) in [5, 5.41) is 0. The van der Waals surface area contributed by atoms with E-state index in [4.69, 9.17) is 0 Å². The van der Waals surface area contributed by atoms with Crippen molar-refractivity contribution < 1.29 is 4.79 Å². The highest BCUT2D eigenvalue weighted by Crippen LogP contribution is 2.36. The molecule has 0 bridgehead atoms. The molecule has 0 saturated carbocycles. The van der Waals surface area contributed by atoms with E-state index < -0.39 is 0 Å². The number of benzene rings is 2. The van der Waals surface area contributed by atoms with E-state index in [1.165, 1.54) is 11.1 Å². The van der Waals surface area contributed by atoms with E-state index in [-0.39, 0.29) is 17.8 Å². The third kappa shape index (κ3) is 4.41. The lowest BCUT2D eigenvalue weighted by molar-refractivity contribution is -0.112. The summed E-state index contributed by atoms with van der Waals surface area (Å²) in [5.41, 5.74) is 4.71. The molecule has 0 aromatic heterocycles. The predicted molar refractivity (Wildman–Crippen MR) is 108 cm³/mol. The Bertz CT molecular complexity index is 621. The highest BCUT2D eigenvalue weighted by Gasteiger charge is 2.27. The number of carbonyl (C=O) groups is 1. The van der Waals surface area contributed by atoms with Crippen LogP contribution < -0.4 is 9.80 Å². The fourth-order valence-corrected chi connectivity index (χ4v) is 3.22. The number of carbonyl (C=O) groups excluding carboxylic acids is 1. The van der Waals surface area contributed by atoms with Gasteiger partial charge in [-0.1, -0.05) is 38.1 Å². The average Bonchev–Trinajstić information content (AvgIpc) is 2.59. The molecule has 0 radical (unpaired) electrons. The highest BCUT2D eigenvalue weighted by molar-refractivity contribution is 5.60. The Balaban J connectivity index is 2.47. The Hall–Kier alpha value is -2.29. The van der Waals surface area contributed by atoms with Crippen molar-refractivity contribution in [3.63, 3.8) is 0 Å². The van der Waals surface area contributed by atoms with Gasteiger partial charge >= 0.3 is 0 Å². The first-order valence-electron chi connectivity index (χ1n) is 8.85. The van der Waals surface area contributed by atoms with Gasteiger partial charge < -0.3 is 14.6 Å². The number of rotatable bonds is 7. The van der Waals surface area contributed by atoms with Gasteiger partial charge in [-0.05, 0) is 41.3 Å². The van der Waals surface area contributed by atoms with E-state index in [0.29, 0.717) is 0 Å². The van der Waals surface area contributed by atoms with Gasteiger partial charge in [0.2, 0.25) is 0 Å². The quantitative estimate of drug-likeness (QED) is 0.698. The van der Waals surface area contributed by atoms with Gasteiger partial charge in [0.1, 0.15) is 6.29 Å². The molecule has 25 heavy (non-hydrogen) atoms. The van der Waals surface area contributed by atoms with E-state index in [1.54, 1.807) is 0 Å². The first-order chi connectivity index (χ1) is 11.8. The van der Waals surface area contributed by atoms with Crippen LogP contribution in [-0.2, 0) is 4.79 Å². The summed E-state index contributed by atoms with van der Waals surface area (Å²) in [6.07, 6.45) is 1.12. The normalized spacial score (nSPS) is 12.3. The fraction of sp³-hybridized carbons (Fsp3) is 0.409. The topological polar surface area (TPSA) is 23.6 Å². The largest absolute Gasteiger partial charge is 0.378 e. The van der Waals surface area contributed by atoms with Gasteiger partial charge in [0.15, 0.2) is 0 Å². The molecule has 0 N–H and O–H groups in total. The Morgan fingerprint density at radius 1 is 0.720 bits per heavy atom. The molecule has 0 fully saturated rings. The lowest BCUT2D eigenvalue weighted by Gasteiger charge is -2.28. The zero-order chi connectivity index (χ0) is 18.6. The summed E-state index contributed by atoms with van der Waals surface area (Å²) in [5.74, 6) is 0.310. The van der Waals surface area contributed by atoms with Crippen LogP contribution in [0, 0.1) is 11.8 Å². The van der Waals surface area contributed by atoms with Gasteiger partial charge in [0.05, 0.1) is 0 Å². The second kappa shape index (κ2) is 8.19. The number of nitrogens with zero attached hydrogens (tertiary/aromatic N) is 2. The van der Waals surface area contributed by atoms with Crippen LogP contribution >= 0.6 is 0 Å². The third-order valence-corrected chi connectivity index (χ3v) is 4.85. The van der Waals surface area contributed by atoms with Crippen LogP contribution in [0.15, 0.2) is 48.5 Å². The van der Waals surface area contributed by atoms with Crippen LogP contribution in [-0.4, -0.2) is 34.5 Å². The zero-order valence-electron chi connectivity index (χ0n) is 16.2. The van der Waals surface area contributed by atoms with Gasteiger partial charge in [-0.3, -0.25) is 0 Å². The van der Waals surface area contributed by atoms with Crippen LogP contribution in [0.4, 0.5) is 11.4 Å². The van der Waals surface area contributed by atoms with Crippen molar-refractivity contribution in [3.8, 4) is 0 Å². The molecule has 134 valence electrons. The summed E-state index contributed by atoms with van der Waals surface area (Å²) in [4.78, 5) is 16.0. The second-order valence-corrected chi connectivity index (χ2v) is 7.41. The molecule has 3 nitrogen and oxygen atoms in total. The SMILES string of the molecule is CC(C)[C@H](C=O)C(c1ccc(N(C)C)cc1)c1ccc(N(C)C)cc1. The maximum atomic E-state index is 11.9. The number of aldehydes is 1. The molecule has 1 atom stereocenters. The summed E-state index contributed by atoms with van der Waals surface area (Å²) in [7, 11) is 8.15. The molecular weight excluding hydrogens is 308 g/mol. The number of hydrogen-bond donors (Lipinski definition) is 0. The van der Waals surface area contributed by atoms with Crippen LogP contribution in [0.5, 0.6) is 0 Å². The van der Waals surface area contributed by atoms with Crippen molar-refractivity contribution in [3.05, 3.63) is 59.7 Å². The van der Waals surface area contributed by atoms with Crippen LogP contribution in [0.1, 0.15) is 30.9 Å². The number of anilines is 2. The molecule has 0 heterocycles. The van der Waals surface area contributed by atoms with Gasteiger partial charge in [0.25, 0.3) is 0 Å². The maximum absolute atomic E-state index is 11.9. The Morgan fingerprint density at radius 3 is 1.32 bits per heavy atom. The molecule has 0 aliphatic carbocycles. The summed E-state index contributed by atoms with van der Waals surface area (Å²) in [6.45, 7) is 4.24. The second-order valence-electron chi connectivity index (χ2n) is 7.41. The van der Waals surface area contributed by atoms with Crippen molar-refractivity contribution in [2.75, 3.05) is 38.0 Å². The van der Waals surface area contributed by atoms with E-state index in [1.807, 2.05) is 28.2 Å². The molecule has 2 aromatic carbocycles. The van der Waals surface area contributed by atoms with Gasteiger partial charge in [-0.15, -0.1) is 0 Å². The third-order valence-electron chi connectivity index (χ3n) is 4.85. The van der Waals surface area contributed by atoms with Crippen molar-refractivity contribution in [2.24, 2.45) is 11.8 Å². The van der Waals surface area contributed by atoms with Crippen LogP contribution in [0.2, 0.25) is 0 Å². The zero-order valence-corrected chi connectivity index (χ0v) is 16.2. The van der Waals surface area contributed by atoms with Crippen molar-refractivity contribution >= 4 is 17.7 Å². The standard InChI is InChI=1S/C22H30N2O/c1-16(2)21(15-25)22(17-7-11-19(12-8-17)23(3)4)18-9-13-20(14-10-18)24(5)6/h7-16,21-22H,1-6H3/t21-/m0/s1. The van der Waals surface area contributed by atoms with Crippen molar-refractivity contribution in [2.45, 2.75) is 19.8 Å². The minimum Gasteiger partial charge on any atom is -0.378 e. The van der Waals surface area contributed by atoms with Gasteiger partial charge in [-0.2, -0.15) is 0 Å². The molecule has 2 rings (SSSR count). The summed E-state index contributed by atoms with van der Waals surface area (Å²) in [6, 6.07) is 17.1. The molecule has 0 aliphatic heterocycles. The lowest BCUT2D eigenvalue weighted by atomic mass is 9.76. The number of hydrogen-bond acceptors (Lipinski definition) is 3. The van der Waals surface area contributed by atoms with E-state index in [2.05, 4.69) is 72.2 Å². The summed E-state index contributed by atoms with van der Waals surface area (Å²) < 4.78 is 0. The average molecular weight is 338 g/mol. The Labute approximate surface area is 152 Å². The van der Waals surface area contributed by atoms with Gasteiger partial charge in [0, 0.05) is 51.4 Å². The van der Waals surface area contributed by atoms with E-state index in [9.17, 15) is 4.79 Å². The van der Waals surface area contributed by atoms with Crippen molar-refractivity contribution in [1.82, 2.24) is 0 Å². The Kier molecular flexibility index (Phi) is 6.24. The predicted octanol–water partition coefficient (Wildman–Crippen LogP) is 4.42. The van der Waals surface area contributed by atoms with Crippen LogP contribution in [0.3, 0.4) is 0 Å². The highest BCUT2D eigenvalue weighted by atomic mass is 16.1. The lowest BCUT2D eigenvalue weighted by Crippen LogP contribution is -2.21. The first kappa shape index (κ1) is 19.0. The fourth-order valence-electron chi connectivity index (χ4n) is 3.22. The molecule has 0 unspecified atom stereocenters. The molecule has 2 aromatic rings. The van der Waals surface area contributed by atoms with E-state index in [0.717, 1.165) is 17.7 Å². The smallest absolute Gasteiger partial charge is 0.124 e. The van der Waals surface area contributed by atoms with Gasteiger partial charge in [-0.25, -0.2) is 0 Å². The minimum atomic E-state index is -0.0459. The van der Waals surface area contributed by atoms with Crippen molar-refractivity contribution in [1.29, 1.82) is 0 Å². The van der Waals surface area contributed by atoms with Crippen LogP contribution in [0.25, 0.3) is 0 Å². The molecule has 0 aliphatic rings. The molecule has 0 amide bonds. The molecular formula is C22H30N2O.